The lowest BCUT2D eigenvalue weighted by Gasteiger charge is -2.54. The lowest BCUT2D eigenvalue weighted by Crippen LogP contribution is -2.75. The van der Waals surface area contributed by atoms with Crippen molar-refractivity contribution in [3.63, 3.8) is 0 Å². The van der Waals surface area contributed by atoms with Crippen molar-refractivity contribution in [2.75, 3.05) is 19.7 Å². The Morgan fingerprint density at radius 1 is 1.13 bits per heavy atom. The lowest BCUT2D eigenvalue weighted by molar-refractivity contribution is -0.151. The Labute approximate surface area is 93.0 Å². The molecule has 0 atom stereocenters. The number of rotatable bonds is 4. The summed E-state index contributed by atoms with van der Waals surface area (Å²) in [5.41, 5.74) is 0.326. The molecule has 88 valence electrons. The van der Waals surface area contributed by atoms with Gasteiger partial charge in [0.05, 0.1) is 6.61 Å². The second-order valence-corrected chi connectivity index (χ2v) is 5.10. The van der Waals surface area contributed by atoms with E-state index in [-0.39, 0.29) is 5.72 Å². The van der Waals surface area contributed by atoms with Gasteiger partial charge in [0.1, 0.15) is 5.72 Å². The van der Waals surface area contributed by atoms with Crippen LogP contribution in [0.1, 0.15) is 46.0 Å². The predicted octanol–water partition coefficient (Wildman–Crippen LogP) is 1.63. The van der Waals surface area contributed by atoms with E-state index >= 15 is 0 Å². The molecule has 2 fully saturated rings. The zero-order valence-electron chi connectivity index (χ0n) is 10.1. The number of hydrogen-bond acceptors (Lipinski definition) is 3. The molecular formula is C12H24N2O. The third-order valence-corrected chi connectivity index (χ3v) is 3.69. The molecule has 0 aromatic carbocycles. The molecule has 0 amide bonds. The van der Waals surface area contributed by atoms with Crippen LogP contribution in [0.4, 0.5) is 0 Å². The Morgan fingerprint density at radius 2 is 1.80 bits per heavy atom. The van der Waals surface area contributed by atoms with E-state index in [1.54, 1.807) is 0 Å². The van der Waals surface area contributed by atoms with Gasteiger partial charge in [-0.25, -0.2) is 0 Å². The van der Waals surface area contributed by atoms with Gasteiger partial charge in [0.25, 0.3) is 0 Å². The van der Waals surface area contributed by atoms with Gasteiger partial charge in [0.15, 0.2) is 0 Å². The summed E-state index contributed by atoms with van der Waals surface area (Å²) in [6, 6.07) is 0. The SMILES string of the molecule is CCCC1(CCC)NC2(CCO1)CNC2. The topological polar surface area (TPSA) is 33.3 Å². The second kappa shape index (κ2) is 4.40. The van der Waals surface area contributed by atoms with Gasteiger partial charge in [-0.15, -0.1) is 0 Å². The Balaban J connectivity index is 2.02. The molecule has 0 saturated carbocycles. The van der Waals surface area contributed by atoms with Crippen molar-refractivity contribution in [1.82, 2.24) is 10.6 Å². The van der Waals surface area contributed by atoms with Crippen molar-refractivity contribution in [3.05, 3.63) is 0 Å². The fourth-order valence-corrected chi connectivity index (χ4v) is 2.92. The van der Waals surface area contributed by atoms with Gasteiger partial charge in [-0.3, -0.25) is 5.32 Å². The van der Waals surface area contributed by atoms with E-state index in [0.717, 1.165) is 39.0 Å². The Hall–Kier alpha value is -0.120. The monoisotopic (exact) mass is 212 g/mol. The van der Waals surface area contributed by atoms with Crippen LogP contribution in [-0.4, -0.2) is 31.0 Å². The van der Waals surface area contributed by atoms with E-state index < -0.39 is 0 Å². The molecule has 0 radical (unpaired) electrons. The van der Waals surface area contributed by atoms with Crippen LogP contribution in [0, 0.1) is 0 Å². The third-order valence-electron chi connectivity index (χ3n) is 3.69. The molecule has 2 aliphatic heterocycles. The number of hydrogen-bond donors (Lipinski definition) is 2. The highest BCUT2D eigenvalue weighted by Crippen LogP contribution is 2.32. The van der Waals surface area contributed by atoms with Gasteiger partial charge in [0, 0.05) is 18.6 Å². The van der Waals surface area contributed by atoms with Crippen molar-refractivity contribution in [2.24, 2.45) is 0 Å². The van der Waals surface area contributed by atoms with Gasteiger partial charge >= 0.3 is 0 Å². The van der Waals surface area contributed by atoms with E-state index in [2.05, 4.69) is 24.5 Å². The van der Waals surface area contributed by atoms with Crippen LogP contribution in [0.15, 0.2) is 0 Å². The van der Waals surface area contributed by atoms with Gasteiger partial charge < -0.3 is 10.1 Å². The molecule has 0 aliphatic carbocycles. The average molecular weight is 212 g/mol. The predicted molar refractivity (Wildman–Crippen MR) is 61.9 cm³/mol. The number of nitrogens with one attached hydrogen (secondary N) is 2. The summed E-state index contributed by atoms with van der Waals surface area (Å²) in [6.45, 7) is 7.64. The van der Waals surface area contributed by atoms with Crippen LogP contribution in [0.3, 0.4) is 0 Å². The molecule has 2 saturated heterocycles. The Morgan fingerprint density at radius 3 is 2.27 bits per heavy atom. The molecule has 0 aromatic rings. The second-order valence-electron chi connectivity index (χ2n) is 5.10. The minimum absolute atomic E-state index is 0.0240. The molecule has 2 heterocycles. The van der Waals surface area contributed by atoms with Crippen LogP contribution < -0.4 is 10.6 Å². The maximum atomic E-state index is 6.04. The van der Waals surface area contributed by atoms with Crippen LogP contribution >= 0.6 is 0 Å². The zero-order valence-corrected chi connectivity index (χ0v) is 10.1. The molecule has 2 rings (SSSR count). The Bertz CT molecular complexity index is 202. The third kappa shape index (κ3) is 2.19. The molecule has 0 unspecified atom stereocenters. The average Bonchev–Trinajstić information content (AvgIpc) is 2.16. The van der Waals surface area contributed by atoms with E-state index in [4.69, 9.17) is 4.74 Å². The molecular weight excluding hydrogens is 188 g/mol. The van der Waals surface area contributed by atoms with E-state index in [1.165, 1.54) is 12.8 Å². The normalized spacial score (nSPS) is 27.6. The summed E-state index contributed by atoms with van der Waals surface area (Å²) in [4.78, 5) is 0. The minimum Gasteiger partial charge on any atom is -0.361 e. The maximum absolute atomic E-state index is 6.04. The van der Waals surface area contributed by atoms with E-state index in [9.17, 15) is 0 Å². The summed E-state index contributed by atoms with van der Waals surface area (Å²) in [7, 11) is 0. The highest BCUT2D eigenvalue weighted by atomic mass is 16.5. The Kier molecular flexibility index (Phi) is 3.33. The quantitative estimate of drug-likeness (QED) is 0.743. The zero-order chi connectivity index (χ0) is 10.8. The highest BCUT2D eigenvalue weighted by molar-refractivity contribution is 5.05. The summed E-state index contributed by atoms with van der Waals surface area (Å²) < 4.78 is 6.04. The van der Waals surface area contributed by atoms with Crippen LogP contribution in [-0.2, 0) is 4.74 Å². The molecule has 3 heteroatoms. The summed E-state index contributed by atoms with van der Waals surface area (Å²) >= 11 is 0. The molecule has 15 heavy (non-hydrogen) atoms. The van der Waals surface area contributed by atoms with Crippen molar-refractivity contribution in [2.45, 2.75) is 57.2 Å². The first-order valence-corrected chi connectivity index (χ1v) is 6.38. The summed E-state index contributed by atoms with van der Waals surface area (Å²) in [5.74, 6) is 0. The first-order valence-electron chi connectivity index (χ1n) is 6.38. The van der Waals surface area contributed by atoms with E-state index in [0.29, 0.717) is 5.54 Å². The molecule has 0 aromatic heterocycles. The van der Waals surface area contributed by atoms with Gasteiger partial charge in [-0.2, -0.15) is 0 Å². The fourth-order valence-electron chi connectivity index (χ4n) is 2.92. The van der Waals surface area contributed by atoms with E-state index in [1.807, 2.05) is 0 Å². The molecule has 2 N–H and O–H groups in total. The maximum Gasteiger partial charge on any atom is 0.119 e. The smallest absolute Gasteiger partial charge is 0.119 e. The first-order chi connectivity index (χ1) is 7.24. The van der Waals surface area contributed by atoms with Crippen molar-refractivity contribution >= 4 is 0 Å². The van der Waals surface area contributed by atoms with Crippen LogP contribution in [0.2, 0.25) is 0 Å². The number of ether oxygens (including phenoxy) is 1. The van der Waals surface area contributed by atoms with Crippen molar-refractivity contribution in [3.8, 4) is 0 Å². The largest absolute Gasteiger partial charge is 0.361 e. The molecule has 0 bridgehead atoms. The van der Waals surface area contributed by atoms with Gasteiger partial charge in [0.2, 0.25) is 0 Å². The first kappa shape index (κ1) is 11.4. The van der Waals surface area contributed by atoms with Crippen LogP contribution in [0.5, 0.6) is 0 Å². The summed E-state index contributed by atoms with van der Waals surface area (Å²) in [5, 5.41) is 7.17. The fraction of sp³-hybridized carbons (Fsp3) is 1.00. The van der Waals surface area contributed by atoms with Crippen molar-refractivity contribution < 1.29 is 4.74 Å². The van der Waals surface area contributed by atoms with Crippen molar-refractivity contribution in [1.29, 1.82) is 0 Å². The lowest BCUT2D eigenvalue weighted by atomic mass is 9.84. The van der Waals surface area contributed by atoms with Gasteiger partial charge in [-0.05, 0) is 19.3 Å². The highest BCUT2D eigenvalue weighted by Gasteiger charge is 2.47. The standard InChI is InChI=1S/C12H24N2O/c1-3-5-12(6-4-2)14-11(7-8-15-12)9-13-10-11/h13-14H,3-10H2,1-2H3. The molecule has 3 nitrogen and oxygen atoms in total. The van der Waals surface area contributed by atoms with Gasteiger partial charge in [-0.1, -0.05) is 26.7 Å². The van der Waals surface area contributed by atoms with Crippen LogP contribution in [0.25, 0.3) is 0 Å². The summed E-state index contributed by atoms with van der Waals surface area (Å²) in [6.07, 6.45) is 5.83. The molecule has 2 aliphatic rings. The minimum atomic E-state index is -0.0240. The molecule has 1 spiro atoms.